The van der Waals surface area contributed by atoms with Crippen LogP contribution >= 0.6 is 0 Å². The molecule has 0 heterocycles. The summed E-state index contributed by atoms with van der Waals surface area (Å²) in [6.45, 7) is 76.7. The predicted octanol–water partition coefficient (Wildman–Crippen LogP) is 7.89. The molecule has 0 aromatic rings. The Balaban J connectivity index is -0.00000000714. The van der Waals surface area contributed by atoms with Crippen LogP contribution in [0.3, 0.4) is 0 Å². The summed E-state index contributed by atoms with van der Waals surface area (Å²) in [6.07, 6.45) is 0. The molecule has 0 aromatic carbocycles. The van der Waals surface area contributed by atoms with E-state index in [4.69, 9.17) is 0 Å². The van der Waals surface area contributed by atoms with Gasteiger partial charge in [-0.15, -0.1) is 0 Å². The fourth-order valence-electron chi connectivity index (χ4n) is 0. The van der Waals surface area contributed by atoms with Gasteiger partial charge in [0.1, 0.15) is 0 Å². The normalized spacial score (nSPS) is 6.55. The van der Waals surface area contributed by atoms with E-state index in [2.05, 4.69) is 537 Å². The van der Waals surface area contributed by atoms with E-state index in [1.807, 2.05) is 0 Å². The van der Waals surface area contributed by atoms with Gasteiger partial charge in [-0.1, -0.05) is 0 Å². The summed E-state index contributed by atoms with van der Waals surface area (Å²) < 4.78 is 0. The molecule has 0 saturated carbocycles. The van der Waals surface area contributed by atoms with Crippen LogP contribution in [0.25, 0.3) is 0 Å². The van der Waals surface area contributed by atoms with Crippen molar-refractivity contribution in [2.75, 3.05) is 0 Å². The zero-order valence-corrected chi connectivity index (χ0v) is 144. The van der Waals surface area contributed by atoms with Gasteiger partial charge in [-0.25, -0.2) is 0 Å². The largest absolute Gasteiger partial charge is 0 e. The molecule has 0 aliphatic carbocycles. The Hall–Kier alpha value is 25.5. The van der Waals surface area contributed by atoms with Gasteiger partial charge < -0.3 is 0 Å². The van der Waals surface area contributed by atoms with E-state index in [0.717, 1.165) is 57.8 Å². The van der Waals surface area contributed by atoms with Crippen LogP contribution in [0, 0.1) is 0 Å². The third-order valence-electron chi connectivity index (χ3n) is 0. The second kappa shape index (κ2) is 293. The summed E-state index contributed by atoms with van der Waals surface area (Å²) in [5.41, 5.74) is 0. The van der Waals surface area contributed by atoms with Crippen LogP contribution in [0.2, 0.25) is 86.7 Å². The summed E-state index contributed by atoms with van der Waals surface area (Å²) in [4.78, 5) is 13.5. The molecule has 0 unspecified atom stereocenters. The van der Waals surface area contributed by atoms with E-state index >= 15 is 0 Å². The fraction of sp³-hybridized carbons (Fsp3) is 1.00. The van der Waals surface area contributed by atoms with Gasteiger partial charge in [0.05, 0.1) is 0 Å². The maximum atomic E-state index is 2.90. The first-order chi connectivity index (χ1) is 31.2. The second-order valence-electron chi connectivity index (χ2n) is 19.4. The smallest absolute Gasteiger partial charge is 0 e. The molecule has 0 nitrogen and oxygen atoms in total. The summed E-state index contributed by atoms with van der Waals surface area (Å²) in [7, 11) is 0. The second-order valence-corrected chi connectivity index (χ2v) is 57.3. The molecule has 0 amide bonds. The van der Waals surface area contributed by atoms with Gasteiger partial charge in [-0.3, -0.25) is 0 Å². The van der Waals surface area contributed by atoms with Crippen molar-refractivity contribution in [1.82, 2.24) is 0 Å². The fourth-order valence-corrected chi connectivity index (χ4v) is 0. The minimum absolute atomic E-state index is 0. The van der Waals surface area contributed by atoms with Crippen LogP contribution in [0.15, 0.2) is 0 Å². The standard InChI is InChI=1S/12C3H8Se.6C3H7Se.14Cu.6In.6HSe.Se/c18*1-3(2)4;;;;;;;;;;;;;;;;;;;;;;;;;;;/h12*3-4H,1-2H3;6*3H,1-2H3;;;;;;;;;;;;;;;;;;;;;6*1H;. The summed E-state index contributed by atoms with van der Waals surface area (Å²) in [5, 5.41) is 0. The molecule has 99 heavy (non-hydrogen) atoms. The van der Waals surface area contributed by atoms with Crippen molar-refractivity contribution in [3.63, 3.8) is 0 Å². The van der Waals surface area contributed by atoms with Gasteiger partial charge in [-0.2, -0.15) is 0 Å². The molecular formula is C54H144Cu14In6Se25. The van der Waals surface area contributed by atoms with Gasteiger partial charge in [0.2, 0.25) is 0 Å². The first-order valence-corrected chi connectivity index (χ1v) is 44.2. The van der Waals surface area contributed by atoms with Crippen LogP contribution < -0.4 is 0 Å². The molecule has 0 atom stereocenters. The van der Waals surface area contributed by atoms with Crippen molar-refractivity contribution in [1.29, 1.82) is 0 Å². The molecule has 0 aliphatic rings. The van der Waals surface area contributed by atoms with Gasteiger partial charge >= 0.3 is 727 Å². The SMILES string of the molecule is CC(C)[SeH].CC(C)[SeH].CC(C)[SeH].CC(C)[SeH].CC(C)[SeH].CC(C)[SeH].CC(C)[SeH].CC(C)[SeH].CC(C)[SeH].CC(C)[SeH].CC(C)[SeH].CC(C)[SeH].CC(C)[Se].CC(C)[Se].CC(C)[Se].CC(C)[Se].CC(C)[Se].CC(C)[Se].[Cu].[Cu].[Cu].[Cu].[Cu].[Cu].[Cu].[Cu].[Cu].[Cu].[Cu].[Cu].[Cu].[Cu].[In].[In].[In].[In].[In].[In].[SeH].[SeH].[SeH].[SeH].[SeH].[SeH].[Se]. The minimum atomic E-state index is 0. The molecule has 0 aromatic heterocycles. The Labute approximate surface area is 1110 Å². The van der Waals surface area contributed by atoms with Crippen LogP contribution in [-0.2, 0) is 239 Å². The van der Waals surface area contributed by atoms with Crippen molar-refractivity contribution in [2.45, 2.75) is 336 Å². The van der Waals surface area contributed by atoms with Crippen molar-refractivity contribution in [2.24, 2.45) is 0 Å². The first kappa shape index (κ1) is 300. The van der Waals surface area contributed by atoms with Crippen LogP contribution in [-0.4, -0.2) is 563 Å². The van der Waals surface area contributed by atoms with Gasteiger partial charge in [0, 0.05) is 411 Å². The summed E-state index contributed by atoms with van der Waals surface area (Å²) >= 11 is 47.8. The maximum absolute atomic E-state index is 2.90. The van der Waals surface area contributed by atoms with Gasteiger partial charge in [0.15, 0.2) is 0 Å². The van der Waals surface area contributed by atoms with E-state index in [1.165, 1.54) is 0 Å². The maximum Gasteiger partial charge on any atom is 0 e. The van der Waals surface area contributed by atoms with Crippen molar-refractivity contribution < 1.29 is 239 Å². The zero-order chi connectivity index (χ0) is 64.4. The molecule has 0 spiro atoms. The quantitative estimate of drug-likeness (QED) is 0.217. The molecular weight excluding hydrogens is 4200 g/mol. The van der Waals surface area contributed by atoms with E-state index in [-0.39, 0.29) is 514 Å². The average molecular weight is 4350 g/mol. The first-order valence-electron chi connectivity index (χ1n) is 25.3. The molecule has 46 radical (unpaired) electrons. The van der Waals surface area contributed by atoms with Crippen molar-refractivity contribution in [3.05, 3.63) is 0 Å². The predicted molar refractivity (Wildman–Crippen MR) is 475 cm³/mol. The van der Waals surface area contributed by atoms with E-state index in [9.17, 15) is 0 Å². The monoisotopic (exact) mass is 4360 g/mol. The van der Waals surface area contributed by atoms with Crippen LogP contribution in [0.1, 0.15) is 249 Å². The Morgan fingerprint density at radius 3 is 0.131 bits per heavy atom. The Morgan fingerprint density at radius 1 is 0.131 bits per heavy atom. The number of rotatable bonds is 0. The van der Waals surface area contributed by atoms with Crippen LogP contribution in [0.5, 0.6) is 0 Å². The summed E-state index contributed by atoms with van der Waals surface area (Å²) in [6, 6.07) is 0. The third kappa shape index (κ3) is 2810. The molecule has 0 saturated heterocycles. The van der Waals surface area contributed by atoms with Crippen molar-refractivity contribution >= 4 is 563 Å². The molecule has 0 bridgehead atoms. The van der Waals surface area contributed by atoms with E-state index in [1.54, 1.807) is 0 Å². The Bertz CT molecular complexity index is 471. The summed E-state index contributed by atoms with van der Waals surface area (Å²) in [5.74, 6) is 0. The number of hydrogen-bond acceptors (Lipinski definition) is 0. The average Bonchev–Trinajstić information content (AvgIpc) is 2.91. The van der Waals surface area contributed by atoms with Gasteiger partial charge in [0.25, 0.3) is 0 Å². The Morgan fingerprint density at radius 2 is 0.131 bits per heavy atom. The molecule has 0 fully saturated rings. The third-order valence-corrected chi connectivity index (χ3v) is 0. The van der Waals surface area contributed by atoms with Gasteiger partial charge in [-0.05, 0) is 0 Å². The minimum Gasteiger partial charge on any atom is 0 e. The topological polar surface area (TPSA) is 0 Å². The molecule has 45 heteroatoms. The van der Waals surface area contributed by atoms with Crippen LogP contribution in [0.4, 0.5) is 0 Å². The van der Waals surface area contributed by atoms with Crippen molar-refractivity contribution in [3.8, 4) is 0 Å². The van der Waals surface area contributed by atoms with E-state index < -0.39 is 0 Å². The zero-order valence-electron chi connectivity index (χ0n) is 65.0. The molecule has 682 valence electrons. The number of hydrogen-bond donors (Lipinski definition) is 0. The Kier molecular flexibility index (Phi) is 890. The van der Waals surface area contributed by atoms with E-state index in [0.29, 0.717) is 28.9 Å². The molecule has 0 rings (SSSR count). The molecule has 0 aliphatic heterocycles. The molecule has 0 N–H and O–H groups in total.